The third-order valence-corrected chi connectivity index (χ3v) is 6.47. The van der Waals surface area contributed by atoms with E-state index in [0.717, 1.165) is 36.1 Å². The third kappa shape index (κ3) is 7.52. The summed E-state index contributed by atoms with van der Waals surface area (Å²) in [4.78, 5) is 29.0. The first-order chi connectivity index (χ1) is 17.2. The second-order valence-corrected chi connectivity index (χ2v) is 9.08. The van der Waals surface area contributed by atoms with Crippen LogP contribution in [0.2, 0.25) is 0 Å². The predicted octanol–water partition coefficient (Wildman–Crippen LogP) is 4.55. The minimum atomic E-state index is -0.609. The lowest BCUT2D eigenvalue weighted by atomic mass is 10.0. The Morgan fingerprint density at radius 2 is 1.46 bits per heavy atom. The van der Waals surface area contributed by atoms with Crippen molar-refractivity contribution in [2.75, 3.05) is 13.2 Å². The summed E-state index contributed by atoms with van der Waals surface area (Å²) < 4.78 is 5.70. The first-order valence-electron chi connectivity index (χ1n) is 12.5. The van der Waals surface area contributed by atoms with E-state index in [1.165, 1.54) is 0 Å². The molecule has 1 saturated heterocycles. The maximum absolute atomic E-state index is 13.6. The average Bonchev–Trinajstić information content (AvgIpc) is 3.43. The lowest BCUT2D eigenvalue weighted by Gasteiger charge is -2.32. The number of hydrogen-bond acceptors (Lipinski definition) is 3. The van der Waals surface area contributed by atoms with Gasteiger partial charge in [-0.25, -0.2) is 0 Å². The summed E-state index contributed by atoms with van der Waals surface area (Å²) in [6.07, 6.45) is 3.47. The molecule has 3 aromatic rings. The largest absolute Gasteiger partial charge is 0.376 e. The Balaban J connectivity index is 1.56. The van der Waals surface area contributed by atoms with Gasteiger partial charge in [-0.05, 0) is 36.0 Å². The van der Waals surface area contributed by atoms with Gasteiger partial charge in [0.15, 0.2) is 0 Å². The highest BCUT2D eigenvalue weighted by atomic mass is 16.5. The first-order valence-corrected chi connectivity index (χ1v) is 12.5. The monoisotopic (exact) mass is 470 g/mol. The maximum Gasteiger partial charge on any atom is 0.243 e. The molecule has 0 aliphatic carbocycles. The van der Waals surface area contributed by atoms with E-state index in [1.54, 1.807) is 4.90 Å². The van der Waals surface area contributed by atoms with Crippen LogP contribution in [-0.4, -0.2) is 42.0 Å². The van der Waals surface area contributed by atoms with Crippen LogP contribution in [0.1, 0.15) is 36.0 Å². The highest BCUT2D eigenvalue weighted by Crippen LogP contribution is 2.17. The minimum absolute atomic E-state index is 0.0223. The summed E-state index contributed by atoms with van der Waals surface area (Å²) in [5.41, 5.74) is 3.15. The summed E-state index contributed by atoms with van der Waals surface area (Å²) >= 11 is 0. The van der Waals surface area contributed by atoms with E-state index < -0.39 is 6.04 Å². The number of ether oxygens (including phenoxy) is 1. The van der Waals surface area contributed by atoms with Crippen LogP contribution in [0.25, 0.3) is 0 Å². The van der Waals surface area contributed by atoms with Crippen molar-refractivity contribution < 1.29 is 14.3 Å². The first kappa shape index (κ1) is 24.7. The second kappa shape index (κ2) is 12.9. The van der Waals surface area contributed by atoms with Gasteiger partial charge in [0.05, 0.1) is 6.10 Å². The Morgan fingerprint density at radius 3 is 2.06 bits per heavy atom. The molecule has 0 aromatic heterocycles. The van der Waals surface area contributed by atoms with Gasteiger partial charge in [-0.3, -0.25) is 9.59 Å². The van der Waals surface area contributed by atoms with Gasteiger partial charge in [0, 0.05) is 32.5 Å². The molecule has 3 aromatic carbocycles. The molecule has 0 saturated carbocycles. The maximum atomic E-state index is 13.6. The van der Waals surface area contributed by atoms with E-state index >= 15 is 0 Å². The quantitative estimate of drug-likeness (QED) is 0.447. The summed E-state index contributed by atoms with van der Waals surface area (Å²) in [5, 5.41) is 3.08. The molecule has 1 fully saturated rings. The number of carbonyl (C=O) groups is 2. The zero-order valence-electron chi connectivity index (χ0n) is 20.1. The number of aryl methyl sites for hydroxylation is 1. The molecule has 1 aliphatic heterocycles. The van der Waals surface area contributed by atoms with Crippen molar-refractivity contribution in [1.82, 2.24) is 10.2 Å². The smallest absolute Gasteiger partial charge is 0.243 e. The highest BCUT2D eigenvalue weighted by molar-refractivity contribution is 5.88. The number of nitrogens with zero attached hydrogens (tertiary/aromatic N) is 1. The topological polar surface area (TPSA) is 58.6 Å². The Bertz CT molecular complexity index is 1050. The van der Waals surface area contributed by atoms with Crippen molar-refractivity contribution in [3.8, 4) is 0 Å². The number of hydrogen-bond donors (Lipinski definition) is 1. The SMILES string of the molecule is O=C(NC[C@@H]1CCCO1)[C@H](Cc1ccccc1)N(Cc1ccccc1)C(=O)CCc1ccccc1. The zero-order valence-corrected chi connectivity index (χ0v) is 20.1. The molecule has 2 amide bonds. The molecule has 0 radical (unpaired) electrons. The summed E-state index contributed by atoms with van der Waals surface area (Å²) in [7, 11) is 0. The average molecular weight is 471 g/mol. The molecule has 1 N–H and O–H groups in total. The van der Waals surface area contributed by atoms with Crippen molar-refractivity contribution in [3.05, 3.63) is 108 Å². The van der Waals surface area contributed by atoms with Crippen molar-refractivity contribution in [1.29, 1.82) is 0 Å². The van der Waals surface area contributed by atoms with Crippen LogP contribution >= 0.6 is 0 Å². The Morgan fingerprint density at radius 1 is 0.857 bits per heavy atom. The van der Waals surface area contributed by atoms with Crippen LogP contribution in [0.5, 0.6) is 0 Å². The lowest BCUT2D eigenvalue weighted by molar-refractivity contribution is -0.141. The molecule has 35 heavy (non-hydrogen) atoms. The van der Waals surface area contributed by atoms with Crippen molar-refractivity contribution in [3.63, 3.8) is 0 Å². The van der Waals surface area contributed by atoms with Crippen LogP contribution in [0.3, 0.4) is 0 Å². The molecule has 5 heteroatoms. The van der Waals surface area contributed by atoms with Crippen LogP contribution in [0.4, 0.5) is 0 Å². The molecular weight excluding hydrogens is 436 g/mol. The van der Waals surface area contributed by atoms with Gasteiger partial charge in [0.1, 0.15) is 6.04 Å². The lowest BCUT2D eigenvalue weighted by Crippen LogP contribution is -2.51. The van der Waals surface area contributed by atoms with E-state index in [2.05, 4.69) is 5.32 Å². The van der Waals surface area contributed by atoms with Crippen molar-refractivity contribution >= 4 is 11.8 Å². The van der Waals surface area contributed by atoms with Crippen LogP contribution in [0.15, 0.2) is 91.0 Å². The Hall–Kier alpha value is -3.44. The number of nitrogens with one attached hydrogen (secondary N) is 1. The van der Waals surface area contributed by atoms with Gasteiger partial charge in [-0.15, -0.1) is 0 Å². The highest BCUT2D eigenvalue weighted by Gasteiger charge is 2.30. The molecule has 5 nitrogen and oxygen atoms in total. The van der Waals surface area contributed by atoms with Crippen molar-refractivity contribution in [2.45, 2.75) is 50.8 Å². The molecule has 4 rings (SSSR count). The van der Waals surface area contributed by atoms with Gasteiger partial charge >= 0.3 is 0 Å². The van der Waals surface area contributed by atoms with Gasteiger partial charge in [0.25, 0.3) is 0 Å². The predicted molar refractivity (Wildman–Crippen MR) is 138 cm³/mol. The van der Waals surface area contributed by atoms with E-state index in [-0.39, 0.29) is 17.9 Å². The molecule has 1 heterocycles. The summed E-state index contributed by atoms with van der Waals surface area (Å²) in [5.74, 6) is -0.153. The fourth-order valence-electron chi connectivity index (χ4n) is 4.51. The molecule has 0 spiro atoms. The normalized spacial score (nSPS) is 15.9. The van der Waals surface area contributed by atoms with Crippen molar-refractivity contribution in [2.24, 2.45) is 0 Å². The van der Waals surface area contributed by atoms with Gasteiger partial charge in [-0.1, -0.05) is 91.0 Å². The molecule has 182 valence electrons. The number of carbonyl (C=O) groups excluding carboxylic acids is 2. The number of amides is 2. The van der Waals surface area contributed by atoms with Gasteiger partial charge in [-0.2, -0.15) is 0 Å². The number of benzene rings is 3. The fraction of sp³-hybridized carbons (Fsp3) is 0.333. The van der Waals surface area contributed by atoms with Crippen LogP contribution in [-0.2, 0) is 33.7 Å². The van der Waals surface area contributed by atoms with E-state index in [4.69, 9.17) is 4.74 Å². The Labute approximate surface area is 208 Å². The van der Waals surface area contributed by atoms with Crippen LogP contribution in [0, 0.1) is 0 Å². The zero-order chi connectivity index (χ0) is 24.3. The fourth-order valence-corrected chi connectivity index (χ4v) is 4.51. The Kier molecular flexibility index (Phi) is 9.07. The van der Waals surface area contributed by atoms with E-state index in [9.17, 15) is 9.59 Å². The van der Waals surface area contributed by atoms with E-state index in [1.807, 2.05) is 91.0 Å². The standard InChI is InChI=1S/C30H34N2O3/c33-29(19-18-24-11-4-1-5-12-24)32(23-26-15-8-3-9-16-26)28(21-25-13-6-2-7-14-25)30(34)31-22-27-17-10-20-35-27/h1-9,11-16,27-28H,10,17-23H2,(H,31,34)/t27-,28-/m0/s1. The van der Waals surface area contributed by atoms with Gasteiger partial charge in [0.2, 0.25) is 11.8 Å². The van der Waals surface area contributed by atoms with E-state index in [0.29, 0.717) is 32.4 Å². The second-order valence-electron chi connectivity index (χ2n) is 9.08. The number of rotatable bonds is 11. The van der Waals surface area contributed by atoms with Crippen LogP contribution < -0.4 is 5.32 Å². The molecular formula is C30H34N2O3. The summed E-state index contributed by atoms with van der Waals surface area (Å²) in [6, 6.07) is 29.2. The third-order valence-electron chi connectivity index (χ3n) is 6.47. The molecule has 2 atom stereocenters. The van der Waals surface area contributed by atoms with Gasteiger partial charge < -0.3 is 15.0 Å². The molecule has 1 aliphatic rings. The summed E-state index contributed by atoms with van der Waals surface area (Å²) in [6.45, 7) is 1.60. The molecule has 0 unspecified atom stereocenters. The minimum Gasteiger partial charge on any atom is -0.376 e. The molecule has 0 bridgehead atoms.